The molecule has 0 saturated heterocycles. The maximum atomic E-state index is 11.2. The van der Waals surface area contributed by atoms with Crippen molar-refractivity contribution in [1.82, 2.24) is 15.0 Å². The number of primary amides is 1. The smallest absolute Gasteiger partial charge is 0.217 e. The second kappa shape index (κ2) is 7.00. The number of hydrogen-bond acceptors (Lipinski definition) is 4. The van der Waals surface area contributed by atoms with Crippen molar-refractivity contribution in [1.29, 1.82) is 0 Å². The molecule has 2 N–H and O–H groups in total. The van der Waals surface area contributed by atoms with Crippen LogP contribution in [0.2, 0.25) is 0 Å². The number of carbonyl (C=O) groups excluding carboxylic acids is 1. The molecule has 1 aromatic carbocycles. The highest BCUT2D eigenvalue weighted by Gasteiger charge is 2.10. The first kappa shape index (κ1) is 15.8. The van der Waals surface area contributed by atoms with E-state index in [1.165, 1.54) is 0 Å². The van der Waals surface area contributed by atoms with Crippen LogP contribution in [-0.4, -0.2) is 20.9 Å². The summed E-state index contributed by atoms with van der Waals surface area (Å²) in [5, 5.41) is 0. The highest BCUT2D eigenvalue weighted by Crippen LogP contribution is 2.29. The van der Waals surface area contributed by atoms with Gasteiger partial charge in [-0.3, -0.25) is 19.7 Å². The second-order valence-electron chi connectivity index (χ2n) is 5.61. The molecule has 0 atom stereocenters. The zero-order valence-corrected chi connectivity index (χ0v) is 13.4. The Morgan fingerprint density at radius 3 is 2.62 bits per heavy atom. The first-order chi connectivity index (χ1) is 11.6. The molecule has 2 aromatic heterocycles. The summed E-state index contributed by atoms with van der Waals surface area (Å²) in [4.78, 5) is 23.9. The summed E-state index contributed by atoms with van der Waals surface area (Å²) in [5.41, 5.74) is 11.3. The number of nitrogens with two attached hydrogens (primary N) is 1. The molecule has 5 heteroatoms. The third kappa shape index (κ3) is 3.63. The average Bonchev–Trinajstić information content (AvgIpc) is 2.60. The Hall–Kier alpha value is -3.08. The van der Waals surface area contributed by atoms with Crippen LogP contribution in [0.4, 0.5) is 0 Å². The summed E-state index contributed by atoms with van der Waals surface area (Å²) in [6.07, 6.45) is 7.72. The quantitative estimate of drug-likeness (QED) is 0.784. The van der Waals surface area contributed by atoms with Crippen molar-refractivity contribution >= 4 is 5.91 Å². The van der Waals surface area contributed by atoms with Crippen LogP contribution < -0.4 is 5.73 Å². The van der Waals surface area contributed by atoms with Crippen LogP contribution >= 0.6 is 0 Å². The molecule has 0 fully saturated rings. The van der Waals surface area contributed by atoms with Gasteiger partial charge < -0.3 is 5.73 Å². The number of amides is 1. The van der Waals surface area contributed by atoms with Crippen molar-refractivity contribution in [2.24, 2.45) is 5.73 Å². The molecule has 3 rings (SSSR count). The minimum Gasteiger partial charge on any atom is -0.370 e. The molecule has 1 amide bonds. The molecule has 120 valence electrons. The van der Waals surface area contributed by atoms with Gasteiger partial charge in [0.25, 0.3) is 0 Å². The van der Waals surface area contributed by atoms with Gasteiger partial charge in [0.1, 0.15) is 0 Å². The number of nitrogens with zero attached hydrogens (tertiary/aromatic N) is 3. The maximum Gasteiger partial charge on any atom is 0.217 e. The molecule has 0 saturated carbocycles. The molecule has 0 aliphatic heterocycles. The predicted octanol–water partition coefficient (Wildman–Crippen LogP) is 2.93. The zero-order valence-electron chi connectivity index (χ0n) is 13.4. The highest BCUT2D eigenvalue weighted by molar-refractivity contribution is 5.76. The molecular formula is C19H18N4O. The standard InChI is InChI=1S/C19H18N4O/c1-13-10-15(6-7-22-13)17-4-2-16(18-12-21-8-9-23-18)11-14(17)3-5-19(20)24/h2,4,6-12H,3,5H2,1H3,(H2,20,24). The second-order valence-corrected chi connectivity index (χ2v) is 5.61. The van der Waals surface area contributed by atoms with E-state index >= 15 is 0 Å². The Morgan fingerprint density at radius 2 is 1.92 bits per heavy atom. The molecule has 24 heavy (non-hydrogen) atoms. The SMILES string of the molecule is Cc1cc(-c2ccc(-c3cnccn3)cc2CCC(N)=O)ccn1. The monoisotopic (exact) mass is 318 g/mol. The lowest BCUT2D eigenvalue weighted by Crippen LogP contribution is -2.11. The number of benzene rings is 1. The fourth-order valence-corrected chi connectivity index (χ4v) is 2.66. The third-order valence-electron chi connectivity index (χ3n) is 3.81. The molecule has 0 spiro atoms. The van der Waals surface area contributed by atoms with E-state index in [2.05, 4.69) is 27.1 Å². The molecule has 0 aliphatic rings. The van der Waals surface area contributed by atoms with Crippen molar-refractivity contribution in [3.8, 4) is 22.4 Å². The fraction of sp³-hybridized carbons (Fsp3) is 0.158. The largest absolute Gasteiger partial charge is 0.370 e. The van der Waals surface area contributed by atoms with Crippen molar-refractivity contribution in [2.75, 3.05) is 0 Å². The Balaban J connectivity index is 2.06. The molecular weight excluding hydrogens is 300 g/mol. The summed E-state index contributed by atoms with van der Waals surface area (Å²) >= 11 is 0. The van der Waals surface area contributed by atoms with Gasteiger partial charge in [0, 0.05) is 36.3 Å². The summed E-state index contributed by atoms with van der Waals surface area (Å²) in [6, 6.07) is 10.1. The lowest BCUT2D eigenvalue weighted by Gasteiger charge is -2.12. The van der Waals surface area contributed by atoms with Crippen molar-refractivity contribution in [3.63, 3.8) is 0 Å². The molecule has 5 nitrogen and oxygen atoms in total. The summed E-state index contributed by atoms with van der Waals surface area (Å²) < 4.78 is 0. The Morgan fingerprint density at radius 1 is 1.04 bits per heavy atom. The number of aromatic nitrogens is 3. The van der Waals surface area contributed by atoms with Crippen LogP contribution in [0.3, 0.4) is 0 Å². The fourth-order valence-electron chi connectivity index (χ4n) is 2.66. The van der Waals surface area contributed by atoms with Crippen LogP contribution in [0.25, 0.3) is 22.4 Å². The molecule has 0 radical (unpaired) electrons. The van der Waals surface area contributed by atoms with E-state index in [-0.39, 0.29) is 5.91 Å². The van der Waals surface area contributed by atoms with Gasteiger partial charge in [-0.05, 0) is 48.2 Å². The van der Waals surface area contributed by atoms with Gasteiger partial charge >= 0.3 is 0 Å². The normalized spacial score (nSPS) is 10.5. The minimum absolute atomic E-state index is 0.307. The van der Waals surface area contributed by atoms with Crippen LogP contribution in [0.1, 0.15) is 17.7 Å². The first-order valence-corrected chi connectivity index (χ1v) is 7.74. The van der Waals surface area contributed by atoms with Crippen LogP contribution in [0.5, 0.6) is 0 Å². The van der Waals surface area contributed by atoms with Crippen LogP contribution in [0.15, 0.2) is 55.1 Å². The molecule has 0 bridgehead atoms. The third-order valence-corrected chi connectivity index (χ3v) is 3.81. The van der Waals surface area contributed by atoms with E-state index in [0.717, 1.165) is 33.6 Å². The number of carbonyl (C=O) groups is 1. The highest BCUT2D eigenvalue weighted by atomic mass is 16.1. The molecule has 3 aromatic rings. The Kier molecular flexibility index (Phi) is 4.61. The van der Waals surface area contributed by atoms with Gasteiger partial charge in [0.2, 0.25) is 5.91 Å². The Bertz CT molecular complexity index is 862. The van der Waals surface area contributed by atoms with E-state index < -0.39 is 0 Å². The van der Waals surface area contributed by atoms with Gasteiger partial charge in [-0.25, -0.2) is 0 Å². The predicted molar refractivity (Wildman–Crippen MR) is 93.0 cm³/mol. The summed E-state index contributed by atoms with van der Waals surface area (Å²) in [7, 11) is 0. The van der Waals surface area contributed by atoms with Crippen molar-refractivity contribution < 1.29 is 4.79 Å². The number of rotatable bonds is 5. The van der Waals surface area contributed by atoms with E-state index in [1.54, 1.807) is 24.8 Å². The van der Waals surface area contributed by atoms with Crippen molar-refractivity contribution in [3.05, 3.63) is 66.4 Å². The minimum atomic E-state index is -0.309. The van der Waals surface area contributed by atoms with Crippen molar-refractivity contribution in [2.45, 2.75) is 19.8 Å². The van der Waals surface area contributed by atoms with Crippen LogP contribution in [0, 0.1) is 6.92 Å². The lowest BCUT2D eigenvalue weighted by molar-refractivity contribution is -0.117. The van der Waals surface area contributed by atoms with Gasteiger partial charge in [0.05, 0.1) is 11.9 Å². The van der Waals surface area contributed by atoms with Gasteiger partial charge in [-0.1, -0.05) is 12.1 Å². The molecule has 2 heterocycles. The number of hydrogen-bond donors (Lipinski definition) is 1. The number of pyridine rings is 1. The topological polar surface area (TPSA) is 81.8 Å². The van der Waals surface area contributed by atoms with Gasteiger partial charge in [-0.2, -0.15) is 0 Å². The zero-order chi connectivity index (χ0) is 16.9. The van der Waals surface area contributed by atoms with Crippen LogP contribution in [-0.2, 0) is 11.2 Å². The first-order valence-electron chi connectivity index (χ1n) is 7.74. The number of aryl methyl sites for hydroxylation is 2. The van der Waals surface area contributed by atoms with Gasteiger partial charge in [-0.15, -0.1) is 0 Å². The maximum absolute atomic E-state index is 11.2. The average molecular weight is 318 g/mol. The van der Waals surface area contributed by atoms with E-state index in [1.807, 2.05) is 25.1 Å². The molecule has 0 unspecified atom stereocenters. The van der Waals surface area contributed by atoms with Gasteiger partial charge in [0.15, 0.2) is 0 Å². The molecule has 0 aliphatic carbocycles. The lowest BCUT2D eigenvalue weighted by atomic mass is 9.94. The van der Waals surface area contributed by atoms with E-state index in [4.69, 9.17) is 5.73 Å². The summed E-state index contributed by atoms with van der Waals surface area (Å²) in [6.45, 7) is 1.96. The Labute approximate surface area is 140 Å². The summed E-state index contributed by atoms with van der Waals surface area (Å²) in [5.74, 6) is -0.309. The van der Waals surface area contributed by atoms with E-state index in [0.29, 0.717) is 12.8 Å². The van der Waals surface area contributed by atoms with E-state index in [9.17, 15) is 4.79 Å².